The Kier molecular flexibility index (Phi) is 53.9. The lowest BCUT2D eigenvalue weighted by atomic mass is 10.1. The van der Waals surface area contributed by atoms with Gasteiger partial charge in [0.25, 0.3) is 0 Å². The minimum Gasteiger partial charge on any atom is -0.462 e. The molecule has 0 aromatic heterocycles. The van der Waals surface area contributed by atoms with E-state index in [0.29, 0.717) is 19.3 Å². The number of carbonyl (C=O) groups is 3. The number of ether oxygens (including phenoxy) is 3. The first-order valence-electron chi connectivity index (χ1n) is 28.7. The molecule has 69 heavy (non-hydrogen) atoms. The summed E-state index contributed by atoms with van der Waals surface area (Å²) in [6.07, 6.45) is 75.4. The first-order valence-corrected chi connectivity index (χ1v) is 28.7. The number of hydrogen-bond acceptors (Lipinski definition) is 6. The third kappa shape index (κ3) is 55.1. The summed E-state index contributed by atoms with van der Waals surface area (Å²) in [7, 11) is 0. The van der Waals surface area contributed by atoms with E-state index in [9.17, 15) is 14.4 Å². The molecule has 6 nitrogen and oxygen atoms in total. The second kappa shape index (κ2) is 56.9. The molecule has 1 atom stereocenters. The van der Waals surface area contributed by atoms with Crippen molar-refractivity contribution in [2.24, 2.45) is 0 Å². The molecule has 0 saturated heterocycles. The Morgan fingerprint density at radius 2 is 0.580 bits per heavy atom. The highest BCUT2D eigenvalue weighted by Gasteiger charge is 2.19. The molecule has 0 aromatic rings. The minimum atomic E-state index is -0.814. The Morgan fingerprint density at radius 3 is 0.971 bits per heavy atom. The maximum atomic E-state index is 12.8. The van der Waals surface area contributed by atoms with Crippen LogP contribution in [-0.4, -0.2) is 37.2 Å². The topological polar surface area (TPSA) is 78.9 Å². The van der Waals surface area contributed by atoms with Crippen LogP contribution in [0.4, 0.5) is 0 Å². The molecular formula is C63H106O6. The summed E-state index contributed by atoms with van der Waals surface area (Å²) in [6, 6.07) is 0. The molecule has 0 spiro atoms. The van der Waals surface area contributed by atoms with Crippen molar-refractivity contribution in [3.8, 4) is 0 Å². The fourth-order valence-corrected chi connectivity index (χ4v) is 7.74. The van der Waals surface area contributed by atoms with Gasteiger partial charge in [-0.1, -0.05) is 227 Å². The van der Waals surface area contributed by atoms with Crippen LogP contribution in [0.5, 0.6) is 0 Å². The smallest absolute Gasteiger partial charge is 0.306 e. The summed E-state index contributed by atoms with van der Waals surface area (Å²) in [4.78, 5) is 38.2. The molecule has 0 saturated carbocycles. The van der Waals surface area contributed by atoms with Gasteiger partial charge in [0.2, 0.25) is 0 Å². The van der Waals surface area contributed by atoms with Gasteiger partial charge in [-0.15, -0.1) is 0 Å². The van der Waals surface area contributed by atoms with E-state index in [0.717, 1.165) is 89.9 Å². The molecule has 0 amide bonds. The predicted octanol–water partition coefficient (Wildman–Crippen LogP) is 19.3. The van der Waals surface area contributed by atoms with Gasteiger partial charge in [-0.25, -0.2) is 0 Å². The Bertz CT molecular complexity index is 1380. The van der Waals surface area contributed by atoms with Crippen molar-refractivity contribution in [3.63, 3.8) is 0 Å². The molecule has 0 aliphatic rings. The van der Waals surface area contributed by atoms with Gasteiger partial charge in [-0.2, -0.15) is 0 Å². The Hall–Kier alpha value is -3.67. The van der Waals surface area contributed by atoms with Gasteiger partial charge < -0.3 is 14.2 Å². The number of unbranched alkanes of at least 4 members (excludes halogenated alkanes) is 24. The van der Waals surface area contributed by atoms with Crippen LogP contribution in [0.15, 0.2) is 97.2 Å². The number of carbonyl (C=O) groups excluding carboxylic acids is 3. The molecule has 0 fully saturated rings. The average Bonchev–Trinajstić information content (AvgIpc) is 3.35. The molecule has 0 bridgehead atoms. The van der Waals surface area contributed by atoms with Gasteiger partial charge in [0.15, 0.2) is 6.10 Å². The normalized spacial score (nSPS) is 12.8. The zero-order chi connectivity index (χ0) is 50.0. The van der Waals surface area contributed by atoms with Gasteiger partial charge in [-0.05, 0) is 116 Å². The van der Waals surface area contributed by atoms with Crippen LogP contribution in [0.25, 0.3) is 0 Å². The summed E-state index contributed by atoms with van der Waals surface area (Å²) >= 11 is 0. The second-order valence-corrected chi connectivity index (χ2v) is 18.8. The van der Waals surface area contributed by atoms with Crippen LogP contribution >= 0.6 is 0 Å². The third-order valence-corrected chi connectivity index (χ3v) is 12.0. The van der Waals surface area contributed by atoms with E-state index in [1.54, 1.807) is 0 Å². The highest BCUT2D eigenvalue weighted by molar-refractivity contribution is 5.71. The molecule has 0 aliphatic carbocycles. The molecule has 0 N–H and O–H groups in total. The van der Waals surface area contributed by atoms with E-state index in [1.165, 1.54) is 128 Å². The Balaban J connectivity index is 4.49. The number of rotatable bonds is 51. The lowest BCUT2D eigenvalue weighted by Gasteiger charge is -2.18. The zero-order valence-electron chi connectivity index (χ0n) is 45.0. The SMILES string of the molecule is CC/C=C\C/C=C\C/C=C\C/C=C\C/C=C\CCCC(=O)O[C@H](COC(=O)CCCCCCCCC/C=C\C/C=C\CCCCC)COC(=O)CCCCCCCCC/C=C\CCCCCCCC. The molecule has 394 valence electrons. The summed E-state index contributed by atoms with van der Waals surface area (Å²) < 4.78 is 16.8. The molecular weight excluding hydrogens is 853 g/mol. The van der Waals surface area contributed by atoms with Crippen molar-refractivity contribution in [3.05, 3.63) is 97.2 Å². The molecule has 0 unspecified atom stereocenters. The summed E-state index contributed by atoms with van der Waals surface area (Å²) in [5.41, 5.74) is 0. The van der Waals surface area contributed by atoms with Crippen LogP contribution in [-0.2, 0) is 28.6 Å². The number of allylic oxidation sites excluding steroid dienone is 16. The fraction of sp³-hybridized carbons (Fsp3) is 0.698. The third-order valence-electron chi connectivity index (χ3n) is 12.0. The molecule has 0 aliphatic heterocycles. The highest BCUT2D eigenvalue weighted by Crippen LogP contribution is 2.14. The van der Waals surface area contributed by atoms with E-state index < -0.39 is 6.10 Å². The zero-order valence-corrected chi connectivity index (χ0v) is 45.0. The Labute approximate surface area is 426 Å². The maximum Gasteiger partial charge on any atom is 0.306 e. The predicted molar refractivity (Wildman–Crippen MR) is 297 cm³/mol. The number of hydrogen-bond donors (Lipinski definition) is 0. The van der Waals surface area contributed by atoms with Crippen LogP contribution in [0.3, 0.4) is 0 Å². The molecule has 6 heteroatoms. The minimum absolute atomic E-state index is 0.105. The summed E-state index contributed by atoms with van der Waals surface area (Å²) in [6.45, 7) is 6.45. The van der Waals surface area contributed by atoms with Gasteiger partial charge in [0, 0.05) is 19.3 Å². The Morgan fingerprint density at radius 1 is 0.304 bits per heavy atom. The fourth-order valence-electron chi connectivity index (χ4n) is 7.74. The van der Waals surface area contributed by atoms with Gasteiger partial charge in [0.05, 0.1) is 0 Å². The lowest BCUT2D eigenvalue weighted by Crippen LogP contribution is -2.30. The molecule has 0 radical (unpaired) electrons. The highest BCUT2D eigenvalue weighted by atomic mass is 16.6. The quantitative estimate of drug-likeness (QED) is 0.0262. The van der Waals surface area contributed by atoms with Crippen molar-refractivity contribution in [1.82, 2.24) is 0 Å². The van der Waals surface area contributed by atoms with Crippen LogP contribution in [0.2, 0.25) is 0 Å². The maximum absolute atomic E-state index is 12.8. The van der Waals surface area contributed by atoms with Crippen molar-refractivity contribution >= 4 is 17.9 Å². The molecule has 0 aromatic carbocycles. The lowest BCUT2D eigenvalue weighted by molar-refractivity contribution is -0.167. The van der Waals surface area contributed by atoms with E-state index in [4.69, 9.17) is 14.2 Å². The first kappa shape index (κ1) is 65.3. The van der Waals surface area contributed by atoms with Crippen molar-refractivity contribution in [2.45, 2.75) is 271 Å². The van der Waals surface area contributed by atoms with E-state index >= 15 is 0 Å². The van der Waals surface area contributed by atoms with E-state index in [-0.39, 0.29) is 37.5 Å². The van der Waals surface area contributed by atoms with Crippen molar-refractivity contribution in [1.29, 1.82) is 0 Å². The number of esters is 3. The standard InChI is InChI=1S/C63H106O6/c1-4-7-10-13-16-19-22-25-28-31-34-37-40-43-46-49-52-55-61(64)67-58-60(69-63(66)57-54-51-48-45-42-39-36-33-30-27-24-21-18-15-12-9-6-3)59-68-62(65)56-53-50-47-44-41-38-35-32-29-26-23-20-17-14-11-8-5-2/h9,12,16,18-19,21,25-30,36,39,45,48,60H,4-8,10-11,13-15,17,20,22-24,31-35,37-38,40-44,46-47,49-59H2,1-3H3/b12-9-,19-16-,21-18-,28-25-,29-26-,30-27-,39-36-,48-45-/t60-/m1/s1. The van der Waals surface area contributed by atoms with Crippen molar-refractivity contribution < 1.29 is 28.6 Å². The second-order valence-electron chi connectivity index (χ2n) is 18.8. The summed E-state index contributed by atoms with van der Waals surface area (Å²) in [5.74, 6) is -0.973. The average molecular weight is 960 g/mol. The van der Waals surface area contributed by atoms with Gasteiger partial charge >= 0.3 is 17.9 Å². The van der Waals surface area contributed by atoms with Crippen molar-refractivity contribution in [2.75, 3.05) is 13.2 Å². The molecule has 0 rings (SSSR count). The van der Waals surface area contributed by atoms with E-state index in [2.05, 4.69) is 118 Å². The van der Waals surface area contributed by atoms with Crippen LogP contribution < -0.4 is 0 Å². The summed E-state index contributed by atoms with van der Waals surface area (Å²) in [5, 5.41) is 0. The largest absolute Gasteiger partial charge is 0.462 e. The van der Waals surface area contributed by atoms with Crippen LogP contribution in [0.1, 0.15) is 265 Å². The molecule has 0 heterocycles. The van der Waals surface area contributed by atoms with Gasteiger partial charge in [0.1, 0.15) is 13.2 Å². The van der Waals surface area contributed by atoms with Gasteiger partial charge in [-0.3, -0.25) is 14.4 Å². The van der Waals surface area contributed by atoms with Crippen LogP contribution in [0, 0.1) is 0 Å². The van der Waals surface area contributed by atoms with E-state index in [1.807, 2.05) is 0 Å². The first-order chi connectivity index (χ1) is 34.0. The monoisotopic (exact) mass is 959 g/mol.